The van der Waals surface area contributed by atoms with Gasteiger partial charge in [0.25, 0.3) is 0 Å². The maximum Gasteiger partial charge on any atom is 0.161 e. The number of hydrogen-bond donors (Lipinski definition) is 2. The highest BCUT2D eigenvalue weighted by Crippen LogP contribution is 2.48. The van der Waals surface area contributed by atoms with Crippen molar-refractivity contribution in [2.45, 2.75) is 25.2 Å². The Morgan fingerprint density at radius 2 is 2.07 bits per heavy atom. The molecule has 28 heavy (non-hydrogen) atoms. The summed E-state index contributed by atoms with van der Waals surface area (Å²) in [6.07, 6.45) is 4.06. The van der Waals surface area contributed by atoms with Crippen LogP contribution in [-0.4, -0.2) is 23.0 Å². The largest absolute Gasteiger partial charge is 0.504 e. The molecule has 5 rings (SSSR count). The van der Waals surface area contributed by atoms with Crippen molar-refractivity contribution in [1.29, 1.82) is 0 Å². The number of phenolic OH excluding ortho intramolecular Hbond substituents is 1. The second kappa shape index (κ2) is 6.37. The molecule has 2 N–H and O–H groups in total. The molecular weight excluding hydrogens is 352 g/mol. The molecule has 1 aliphatic heterocycles. The summed E-state index contributed by atoms with van der Waals surface area (Å²) in [7, 11) is 1.53. The van der Waals surface area contributed by atoms with E-state index in [0.717, 1.165) is 51.8 Å². The highest BCUT2D eigenvalue weighted by atomic mass is 16.5. The van der Waals surface area contributed by atoms with Crippen LogP contribution in [0.25, 0.3) is 10.9 Å². The number of nitrogens with one attached hydrogen (secondary N) is 1. The number of aromatic nitrogens is 1. The lowest BCUT2D eigenvalue weighted by Gasteiger charge is -2.35. The Morgan fingerprint density at radius 3 is 2.93 bits per heavy atom. The number of carbonyl (C=O) groups excluding carboxylic acids is 1. The van der Waals surface area contributed by atoms with Crippen LogP contribution in [0.2, 0.25) is 0 Å². The van der Waals surface area contributed by atoms with Crippen LogP contribution in [0.15, 0.2) is 59.9 Å². The van der Waals surface area contributed by atoms with Gasteiger partial charge in [0.05, 0.1) is 12.6 Å². The number of pyridine rings is 1. The predicted molar refractivity (Wildman–Crippen MR) is 108 cm³/mol. The summed E-state index contributed by atoms with van der Waals surface area (Å²) in [4.78, 5) is 17.5. The van der Waals surface area contributed by atoms with Crippen LogP contribution in [0.3, 0.4) is 0 Å². The van der Waals surface area contributed by atoms with Crippen molar-refractivity contribution in [3.63, 3.8) is 0 Å². The van der Waals surface area contributed by atoms with Crippen LogP contribution >= 0.6 is 0 Å². The van der Waals surface area contributed by atoms with Gasteiger partial charge in [0.1, 0.15) is 0 Å². The van der Waals surface area contributed by atoms with Crippen LogP contribution < -0.4 is 10.1 Å². The minimum atomic E-state index is -0.221. The van der Waals surface area contributed by atoms with Crippen LogP contribution in [0.5, 0.6) is 11.5 Å². The van der Waals surface area contributed by atoms with E-state index in [0.29, 0.717) is 12.2 Å². The number of aromatic hydroxyl groups is 1. The molecule has 0 spiro atoms. The highest BCUT2D eigenvalue weighted by molar-refractivity contribution is 6.03. The van der Waals surface area contributed by atoms with Gasteiger partial charge >= 0.3 is 0 Å². The minimum absolute atomic E-state index is 0.0872. The Labute approximate surface area is 162 Å². The van der Waals surface area contributed by atoms with Crippen LogP contribution in [0.1, 0.15) is 36.3 Å². The van der Waals surface area contributed by atoms with E-state index in [4.69, 9.17) is 4.74 Å². The number of phenols is 1. The molecule has 140 valence electrons. The zero-order valence-corrected chi connectivity index (χ0v) is 15.5. The number of methoxy groups -OCH3 is 1. The Balaban J connectivity index is 1.82. The van der Waals surface area contributed by atoms with E-state index in [1.54, 1.807) is 12.3 Å². The molecule has 3 aromatic rings. The molecule has 0 saturated heterocycles. The summed E-state index contributed by atoms with van der Waals surface area (Å²) in [5.74, 6) is 0.448. The number of carbonyl (C=O) groups is 1. The number of anilines is 1. The number of rotatable bonds is 2. The lowest BCUT2D eigenvalue weighted by atomic mass is 9.74. The van der Waals surface area contributed by atoms with Gasteiger partial charge in [-0.2, -0.15) is 0 Å². The monoisotopic (exact) mass is 372 g/mol. The van der Waals surface area contributed by atoms with Crippen molar-refractivity contribution in [2.75, 3.05) is 12.4 Å². The van der Waals surface area contributed by atoms with Gasteiger partial charge in [0.2, 0.25) is 0 Å². The van der Waals surface area contributed by atoms with Crippen molar-refractivity contribution >= 4 is 22.4 Å². The lowest BCUT2D eigenvalue weighted by molar-refractivity contribution is -0.116. The maximum absolute atomic E-state index is 13.0. The molecule has 0 amide bonds. The van der Waals surface area contributed by atoms with Crippen LogP contribution in [-0.2, 0) is 4.79 Å². The van der Waals surface area contributed by atoms with E-state index in [-0.39, 0.29) is 17.5 Å². The predicted octanol–water partition coefficient (Wildman–Crippen LogP) is 4.51. The van der Waals surface area contributed by atoms with Gasteiger partial charge in [0, 0.05) is 40.9 Å². The Kier molecular flexibility index (Phi) is 3.83. The number of hydrogen-bond acceptors (Lipinski definition) is 5. The maximum atomic E-state index is 13.0. The van der Waals surface area contributed by atoms with Crippen molar-refractivity contribution in [2.24, 2.45) is 0 Å². The van der Waals surface area contributed by atoms with Gasteiger partial charge in [-0.05, 0) is 54.3 Å². The minimum Gasteiger partial charge on any atom is -0.504 e. The normalized spacial score (nSPS) is 18.5. The number of allylic oxidation sites excluding steroid dienone is 2. The summed E-state index contributed by atoms with van der Waals surface area (Å²) >= 11 is 0. The molecule has 0 unspecified atom stereocenters. The fraction of sp³-hybridized carbons (Fsp3) is 0.217. The molecule has 2 aromatic carbocycles. The Morgan fingerprint density at radius 1 is 1.18 bits per heavy atom. The summed E-state index contributed by atoms with van der Waals surface area (Å²) in [5.41, 5.74) is 5.70. The summed E-state index contributed by atoms with van der Waals surface area (Å²) < 4.78 is 5.34. The molecule has 0 saturated carbocycles. The first-order valence-corrected chi connectivity index (χ1v) is 9.45. The zero-order valence-electron chi connectivity index (χ0n) is 15.5. The number of nitrogens with zero attached hydrogens (tertiary/aromatic N) is 1. The van der Waals surface area contributed by atoms with Gasteiger partial charge in [-0.1, -0.05) is 12.1 Å². The second-order valence-corrected chi connectivity index (χ2v) is 7.26. The number of fused-ring (bicyclic) bond motifs is 3. The number of Topliss-reactive ketones (excluding diaryl/α,β-unsaturated/α-hetero) is 1. The average Bonchev–Trinajstić information content (AvgIpc) is 2.73. The van der Waals surface area contributed by atoms with Gasteiger partial charge in [-0.25, -0.2) is 0 Å². The van der Waals surface area contributed by atoms with E-state index in [2.05, 4.69) is 10.3 Å². The molecule has 1 aromatic heterocycles. The molecule has 2 aliphatic rings. The third-order valence-electron chi connectivity index (χ3n) is 5.68. The third-order valence-corrected chi connectivity index (χ3v) is 5.68. The lowest BCUT2D eigenvalue weighted by Crippen LogP contribution is -2.27. The first-order valence-electron chi connectivity index (χ1n) is 9.45. The summed E-state index contributed by atoms with van der Waals surface area (Å²) in [6, 6.07) is 13.4. The van der Waals surface area contributed by atoms with Gasteiger partial charge in [-0.15, -0.1) is 0 Å². The van der Waals surface area contributed by atoms with Crippen LogP contribution in [0, 0.1) is 0 Å². The molecule has 2 heterocycles. The Hall–Kier alpha value is -3.34. The van der Waals surface area contributed by atoms with E-state index in [1.807, 2.05) is 36.4 Å². The molecule has 0 bridgehead atoms. The zero-order chi connectivity index (χ0) is 19.3. The van der Waals surface area contributed by atoms with E-state index in [9.17, 15) is 9.90 Å². The Bertz CT molecular complexity index is 1150. The fourth-order valence-corrected chi connectivity index (χ4v) is 4.44. The SMILES string of the molecule is COc1cc([C@H]2C3=C(CCCC3=O)Nc3ccc4ncccc4c32)ccc1O. The number of ether oxygens (including phenoxy) is 1. The average molecular weight is 372 g/mol. The first kappa shape index (κ1) is 16.8. The van der Waals surface area contributed by atoms with Crippen molar-refractivity contribution in [1.82, 2.24) is 4.98 Å². The van der Waals surface area contributed by atoms with Crippen molar-refractivity contribution < 1.29 is 14.6 Å². The first-order chi connectivity index (χ1) is 13.7. The number of benzene rings is 2. The fourth-order valence-electron chi connectivity index (χ4n) is 4.44. The second-order valence-electron chi connectivity index (χ2n) is 7.26. The van der Waals surface area contributed by atoms with E-state index < -0.39 is 0 Å². The quantitative estimate of drug-likeness (QED) is 0.692. The molecule has 5 nitrogen and oxygen atoms in total. The van der Waals surface area contributed by atoms with Crippen molar-refractivity contribution in [3.05, 3.63) is 71.1 Å². The summed E-state index contributed by atoms with van der Waals surface area (Å²) in [5, 5.41) is 14.6. The number of ketones is 1. The highest BCUT2D eigenvalue weighted by Gasteiger charge is 2.36. The molecule has 0 radical (unpaired) electrons. The van der Waals surface area contributed by atoms with Gasteiger partial charge < -0.3 is 15.2 Å². The van der Waals surface area contributed by atoms with Gasteiger partial charge in [-0.3, -0.25) is 9.78 Å². The van der Waals surface area contributed by atoms with Crippen molar-refractivity contribution in [3.8, 4) is 11.5 Å². The van der Waals surface area contributed by atoms with E-state index >= 15 is 0 Å². The molecule has 1 atom stereocenters. The van der Waals surface area contributed by atoms with Crippen LogP contribution in [0.4, 0.5) is 5.69 Å². The van der Waals surface area contributed by atoms with Gasteiger partial charge in [0.15, 0.2) is 17.3 Å². The molecule has 5 heteroatoms. The summed E-state index contributed by atoms with van der Waals surface area (Å²) in [6.45, 7) is 0. The van der Waals surface area contributed by atoms with E-state index in [1.165, 1.54) is 7.11 Å². The topological polar surface area (TPSA) is 71.5 Å². The standard InChI is InChI=1S/C23H20N2O3/c1-28-20-12-13(7-10-18(20)26)21-22-14-4-3-11-24-15(14)8-9-17(22)25-16-5-2-6-19(27)23(16)21/h3-4,7-12,21,25-26H,2,5-6H2,1H3/t21-/m1/s1. The molecular formula is C23H20N2O3. The molecule has 1 aliphatic carbocycles. The smallest absolute Gasteiger partial charge is 0.161 e. The third kappa shape index (κ3) is 2.47. The molecule has 0 fully saturated rings.